The van der Waals surface area contributed by atoms with Crippen LogP contribution in [0.15, 0.2) is 18.2 Å². The number of benzene rings is 1. The van der Waals surface area contributed by atoms with E-state index < -0.39 is 48.8 Å². The van der Waals surface area contributed by atoms with Gasteiger partial charge in [0.25, 0.3) is 11.8 Å². The van der Waals surface area contributed by atoms with Crippen LogP contribution in [0.4, 0.5) is 33.3 Å². The maximum atomic E-state index is 13.1. The van der Waals surface area contributed by atoms with E-state index >= 15 is 0 Å². The topological polar surface area (TPSA) is 114 Å². The van der Waals surface area contributed by atoms with Gasteiger partial charge in [0.2, 0.25) is 5.91 Å². The molecule has 0 aromatic heterocycles. The number of carbonyl (C=O) groups excluding carboxylic acids is 3. The van der Waals surface area contributed by atoms with Crippen LogP contribution in [0.1, 0.15) is 13.8 Å². The molecule has 3 amide bonds. The second kappa shape index (κ2) is 11.4. The van der Waals surface area contributed by atoms with Crippen LogP contribution in [-0.4, -0.2) is 74.3 Å². The van der Waals surface area contributed by atoms with E-state index in [1.54, 1.807) is 13.8 Å². The Morgan fingerprint density at radius 1 is 1.29 bits per heavy atom. The van der Waals surface area contributed by atoms with Gasteiger partial charge < -0.3 is 25.4 Å². The first kappa shape index (κ1) is 27.2. The molecular formula is C20H25F5N4O5. The Morgan fingerprint density at radius 2 is 1.97 bits per heavy atom. The molecule has 0 aliphatic carbocycles. The summed E-state index contributed by atoms with van der Waals surface area (Å²) >= 11 is 0. The minimum absolute atomic E-state index is 0.143. The van der Waals surface area contributed by atoms with Gasteiger partial charge in [-0.25, -0.2) is 0 Å². The van der Waals surface area contributed by atoms with Crippen molar-refractivity contribution in [2.24, 2.45) is 11.7 Å². The number of primary amides is 1. The lowest BCUT2D eigenvalue weighted by Crippen LogP contribution is -2.55. The van der Waals surface area contributed by atoms with Crippen molar-refractivity contribution in [1.82, 2.24) is 4.90 Å². The molecule has 14 heteroatoms. The lowest BCUT2D eigenvalue weighted by atomic mass is 10.1. The smallest absolute Gasteiger partial charge is 0.401 e. The van der Waals surface area contributed by atoms with Crippen molar-refractivity contribution in [3.8, 4) is 5.75 Å². The van der Waals surface area contributed by atoms with Gasteiger partial charge in [0, 0.05) is 24.8 Å². The van der Waals surface area contributed by atoms with E-state index in [1.807, 2.05) is 0 Å². The third-order valence-corrected chi connectivity index (χ3v) is 4.60. The lowest BCUT2D eigenvalue weighted by molar-refractivity contribution is -0.158. The molecule has 34 heavy (non-hydrogen) atoms. The van der Waals surface area contributed by atoms with Crippen LogP contribution in [0.25, 0.3) is 0 Å². The predicted octanol–water partition coefficient (Wildman–Crippen LogP) is 1.96. The average Bonchev–Trinajstić information content (AvgIpc) is 2.67. The monoisotopic (exact) mass is 496 g/mol. The van der Waals surface area contributed by atoms with E-state index in [4.69, 9.17) is 10.5 Å². The number of hydrogen-bond acceptors (Lipinski definition) is 6. The highest BCUT2D eigenvalue weighted by Gasteiger charge is 2.39. The number of ether oxygens (including phenoxy) is 2. The van der Waals surface area contributed by atoms with Crippen molar-refractivity contribution in [3.63, 3.8) is 0 Å². The van der Waals surface area contributed by atoms with E-state index in [0.29, 0.717) is 4.90 Å². The van der Waals surface area contributed by atoms with E-state index in [-0.39, 0.29) is 43.6 Å². The van der Waals surface area contributed by atoms with Gasteiger partial charge in [-0.1, -0.05) is 13.8 Å². The van der Waals surface area contributed by atoms with Gasteiger partial charge in [-0.15, -0.1) is 0 Å². The third kappa shape index (κ3) is 7.80. The summed E-state index contributed by atoms with van der Waals surface area (Å²) in [6.07, 6.45) is -4.74. The fraction of sp³-hybridized carbons (Fsp3) is 0.550. The summed E-state index contributed by atoms with van der Waals surface area (Å²) in [6, 6.07) is 1.47. The Morgan fingerprint density at radius 3 is 2.50 bits per heavy atom. The summed E-state index contributed by atoms with van der Waals surface area (Å²) in [5, 5.41) is 2.14. The van der Waals surface area contributed by atoms with Crippen molar-refractivity contribution in [1.29, 1.82) is 0 Å². The third-order valence-electron chi connectivity index (χ3n) is 4.60. The molecule has 1 aromatic rings. The van der Waals surface area contributed by atoms with Crippen LogP contribution in [0.2, 0.25) is 0 Å². The first-order chi connectivity index (χ1) is 15.8. The summed E-state index contributed by atoms with van der Waals surface area (Å²) in [4.78, 5) is 38.6. The number of alkyl halides is 5. The Kier molecular flexibility index (Phi) is 9.15. The van der Waals surface area contributed by atoms with E-state index in [0.717, 1.165) is 12.1 Å². The van der Waals surface area contributed by atoms with Gasteiger partial charge >= 0.3 is 12.8 Å². The summed E-state index contributed by atoms with van der Waals surface area (Å²) in [5.74, 6) is -3.97. The first-order valence-corrected chi connectivity index (χ1v) is 10.2. The van der Waals surface area contributed by atoms with Gasteiger partial charge in [0.15, 0.2) is 11.8 Å². The Labute approximate surface area is 191 Å². The number of rotatable bonds is 10. The number of hydrogen-bond donors (Lipinski definition) is 2. The summed E-state index contributed by atoms with van der Waals surface area (Å²) in [7, 11) is 0. The van der Waals surface area contributed by atoms with Crippen LogP contribution in [-0.2, 0) is 19.1 Å². The van der Waals surface area contributed by atoms with E-state index in [2.05, 4.69) is 10.1 Å². The highest BCUT2D eigenvalue weighted by atomic mass is 19.4. The zero-order chi connectivity index (χ0) is 25.6. The molecule has 1 saturated heterocycles. The maximum Gasteiger partial charge on any atom is 0.401 e. The van der Waals surface area contributed by atoms with Gasteiger partial charge in [0.05, 0.1) is 18.8 Å². The first-order valence-electron chi connectivity index (χ1n) is 10.2. The van der Waals surface area contributed by atoms with Crippen LogP contribution in [0, 0.1) is 5.92 Å². The van der Waals surface area contributed by atoms with Crippen LogP contribution in [0.5, 0.6) is 5.75 Å². The Bertz CT molecular complexity index is 897. The largest absolute Gasteiger partial charge is 0.433 e. The normalized spacial score (nSPS) is 15.7. The van der Waals surface area contributed by atoms with E-state index in [1.165, 1.54) is 11.0 Å². The number of amides is 3. The number of anilines is 2. The average molecular weight is 496 g/mol. The van der Waals surface area contributed by atoms with Gasteiger partial charge in [-0.3, -0.25) is 19.3 Å². The minimum Gasteiger partial charge on any atom is -0.433 e. The molecule has 1 aliphatic heterocycles. The Balaban J connectivity index is 2.36. The molecule has 1 aromatic carbocycles. The molecule has 1 atom stereocenters. The minimum atomic E-state index is -4.74. The van der Waals surface area contributed by atoms with E-state index in [9.17, 15) is 36.3 Å². The standard InChI is InChI=1S/C20H25F5N4O5/c1-11(2)8-28(10-20(23,24)25)16(17(26)31)18(32)27-13-4-3-12(7-14(13)34-19(21)22)29-5-6-33-9-15(29)30/h3-4,7,11,16,19H,5-6,8-10H2,1-2H3,(H2,26,31)(H,27,32)/t16-/m1/s1. The fourth-order valence-electron chi connectivity index (χ4n) is 3.40. The van der Waals surface area contributed by atoms with Gasteiger partial charge in [-0.2, -0.15) is 22.0 Å². The zero-order valence-corrected chi connectivity index (χ0v) is 18.4. The lowest BCUT2D eigenvalue weighted by Gasteiger charge is -2.31. The maximum absolute atomic E-state index is 13.1. The van der Waals surface area contributed by atoms with Gasteiger partial charge in [-0.05, 0) is 18.1 Å². The molecule has 1 heterocycles. The van der Waals surface area contributed by atoms with Crippen LogP contribution in [0.3, 0.4) is 0 Å². The van der Waals surface area contributed by atoms with Crippen LogP contribution >= 0.6 is 0 Å². The number of carbonyl (C=O) groups is 3. The van der Waals surface area contributed by atoms with Gasteiger partial charge in [0.1, 0.15) is 6.61 Å². The quantitative estimate of drug-likeness (QED) is 0.378. The zero-order valence-electron chi connectivity index (χ0n) is 18.4. The van der Waals surface area contributed by atoms with Crippen molar-refractivity contribution in [2.45, 2.75) is 32.7 Å². The highest BCUT2D eigenvalue weighted by Crippen LogP contribution is 2.32. The van der Waals surface area contributed by atoms with Crippen LogP contribution < -0.4 is 20.7 Å². The van der Waals surface area contributed by atoms with Crippen molar-refractivity contribution in [2.75, 3.05) is 43.1 Å². The van der Waals surface area contributed by atoms with Crippen molar-refractivity contribution in [3.05, 3.63) is 18.2 Å². The molecule has 0 unspecified atom stereocenters. The number of nitrogens with one attached hydrogen (secondary N) is 1. The molecule has 0 bridgehead atoms. The predicted molar refractivity (Wildman–Crippen MR) is 110 cm³/mol. The molecule has 3 N–H and O–H groups in total. The molecule has 9 nitrogen and oxygen atoms in total. The Hall–Kier alpha value is -3.00. The number of halogens is 5. The molecular weight excluding hydrogens is 471 g/mol. The second-order valence-electron chi connectivity index (χ2n) is 7.89. The molecule has 0 saturated carbocycles. The highest BCUT2D eigenvalue weighted by molar-refractivity contribution is 6.10. The second-order valence-corrected chi connectivity index (χ2v) is 7.89. The molecule has 1 aliphatic rings. The molecule has 0 radical (unpaired) electrons. The fourth-order valence-corrected chi connectivity index (χ4v) is 3.40. The molecule has 0 spiro atoms. The number of nitrogens with two attached hydrogens (primary N) is 1. The number of morpholine rings is 1. The summed E-state index contributed by atoms with van der Waals surface area (Å²) in [6.45, 7) is -1.90. The molecule has 2 rings (SSSR count). The summed E-state index contributed by atoms with van der Waals surface area (Å²) in [5.41, 5.74) is 5.05. The molecule has 1 fully saturated rings. The summed E-state index contributed by atoms with van der Waals surface area (Å²) < 4.78 is 74.6. The SMILES string of the molecule is CC(C)CN(CC(F)(F)F)[C@H](C(N)=O)C(=O)Nc1ccc(N2CCOCC2=O)cc1OC(F)F. The van der Waals surface area contributed by atoms with Crippen molar-refractivity contribution >= 4 is 29.1 Å². The molecule has 190 valence electrons. The van der Waals surface area contributed by atoms with Crippen molar-refractivity contribution < 1.29 is 45.8 Å². The number of nitrogens with zero attached hydrogens (tertiary/aromatic N) is 2.